The highest BCUT2D eigenvalue weighted by Crippen LogP contribution is 2.38. The molecule has 0 bridgehead atoms. The number of hydrogen-bond donors (Lipinski definition) is 1. The predicted octanol–water partition coefficient (Wildman–Crippen LogP) is 2.87. The zero-order valence-corrected chi connectivity index (χ0v) is 18.7. The van der Waals surface area contributed by atoms with E-state index in [1.807, 2.05) is 26.0 Å². The number of nitrogens with one attached hydrogen (secondary N) is 1. The van der Waals surface area contributed by atoms with Crippen molar-refractivity contribution in [1.29, 1.82) is 0 Å². The Hall–Kier alpha value is -2.59. The van der Waals surface area contributed by atoms with E-state index in [4.69, 9.17) is 4.74 Å². The number of carbonyl (C=O) groups excluding carboxylic acids is 3. The van der Waals surface area contributed by atoms with Crippen molar-refractivity contribution in [2.24, 2.45) is 0 Å². The second-order valence-corrected chi connectivity index (χ2v) is 9.34. The average molecular weight is 449 g/mol. The van der Waals surface area contributed by atoms with Crippen LogP contribution < -0.4 is 10.1 Å². The molecule has 160 valence electrons. The third-order valence-corrected chi connectivity index (χ3v) is 7.11. The molecule has 2 aromatic rings. The van der Waals surface area contributed by atoms with Gasteiger partial charge in [-0.15, -0.1) is 0 Å². The van der Waals surface area contributed by atoms with Crippen molar-refractivity contribution in [2.45, 2.75) is 35.4 Å². The molecule has 0 aliphatic carbocycles. The summed E-state index contributed by atoms with van der Waals surface area (Å²) in [6.45, 7) is 5.61. The number of aryl methyl sites for hydroxylation is 1. The summed E-state index contributed by atoms with van der Waals surface area (Å²) in [5.41, 5.74) is 1.47. The SMILES string of the molecule is COc1cc(C)c(Sc2cnc(NC=O)s2)cc1C(=O)N1CCCN(C=O)[C@H](C)C1. The Bertz CT molecular complexity index is 934. The van der Waals surface area contributed by atoms with Crippen LogP contribution >= 0.6 is 23.1 Å². The van der Waals surface area contributed by atoms with Gasteiger partial charge in [-0.25, -0.2) is 4.98 Å². The first-order valence-corrected chi connectivity index (χ1v) is 11.1. The zero-order valence-electron chi connectivity index (χ0n) is 17.1. The first-order chi connectivity index (χ1) is 14.5. The number of amides is 3. The second-order valence-electron chi connectivity index (χ2n) is 6.96. The number of benzene rings is 1. The maximum atomic E-state index is 13.3. The van der Waals surface area contributed by atoms with Gasteiger partial charge in [0.15, 0.2) is 5.13 Å². The molecule has 1 aliphatic heterocycles. The number of thiazole rings is 1. The van der Waals surface area contributed by atoms with Gasteiger partial charge in [0.25, 0.3) is 5.91 Å². The van der Waals surface area contributed by atoms with Gasteiger partial charge in [0.2, 0.25) is 12.8 Å². The Labute approximate surface area is 183 Å². The maximum Gasteiger partial charge on any atom is 0.257 e. The van der Waals surface area contributed by atoms with Crippen LogP contribution in [0.4, 0.5) is 5.13 Å². The van der Waals surface area contributed by atoms with E-state index >= 15 is 0 Å². The minimum Gasteiger partial charge on any atom is -0.496 e. The molecule has 1 atom stereocenters. The fraction of sp³-hybridized carbons (Fsp3) is 0.400. The lowest BCUT2D eigenvalue weighted by Gasteiger charge is -2.26. The van der Waals surface area contributed by atoms with Crippen molar-refractivity contribution in [3.8, 4) is 5.75 Å². The van der Waals surface area contributed by atoms with Crippen LogP contribution in [0.2, 0.25) is 0 Å². The highest BCUT2D eigenvalue weighted by molar-refractivity contribution is 8.01. The average Bonchev–Trinajstić information content (AvgIpc) is 3.08. The van der Waals surface area contributed by atoms with E-state index in [0.717, 1.165) is 27.5 Å². The zero-order chi connectivity index (χ0) is 21.7. The lowest BCUT2D eigenvalue weighted by molar-refractivity contribution is -0.119. The topological polar surface area (TPSA) is 91.8 Å². The summed E-state index contributed by atoms with van der Waals surface area (Å²) in [6, 6.07) is 3.67. The number of hydrogen-bond acceptors (Lipinski definition) is 7. The van der Waals surface area contributed by atoms with Gasteiger partial charge in [-0.1, -0.05) is 23.1 Å². The van der Waals surface area contributed by atoms with Crippen LogP contribution in [0, 0.1) is 6.92 Å². The number of anilines is 1. The summed E-state index contributed by atoms with van der Waals surface area (Å²) >= 11 is 2.85. The molecule has 1 N–H and O–H groups in total. The van der Waals surface area contributed by atoms with Crippen molar-refractivity contribution in [3.63, 3.8) is 0 Å². The van der Waals surface area contributed by atoms with Gasteiger partial charge in [0.1, 0.15) is 5.75 Å². The molecule has 3 rings (SSSR count). The van der Waals surface area contributed by atoms with Crippen molar-refractivity contribution < 1.29 is 19.1 Å². The largest absolute Gasteiger partial charge is 0.496 e. The lowest BCUT2D eigenvalue weighted by Crippen LogP contribution is -2.40. The second kappa shape index (κ2) is 9.94. The molecule has 3 amide bonds. The summed E-state index contributed by atoms with van der Waals surface area (Å²) in [4.78, 5) is 43.8. The fourth-order valence-corrected chi connectivity index (χ4v) is 5.23. The number of aromatic nitrogens is 1. The molecule has 0 unspecified atom stereocenters. The first-order valence-electron chi connectivity index (χ1n) is 9.49. The first kappa shape index (κ1) is 22.1. The monoisotopic (exact) mass is 448 g/mol. The molecule has 2 heterocycles. The van der Waals surface area contributed by atoms with E-state index in [0.29, 0.717) is 42.5 Å². The third kappa shape index (κ3) is 4.93. The van der Waals surface area contributed by atoms with Gasteiger partial charge >= 0.3 is 0 Å². The Morgan fingerprint density at radius 2 is 2.17 bits per heavy atom. The summed E-state index contributed by atoms with van der Waals surface area (Å²) in [5, 5.41) is 3.06. The Balaban J connectivity index is 1.87. The number of rotatable bonds is 7. The number of carbonyl (C=O) groups is 3. The van der Waals surface area contributed by atoms with Crippen LogP contribution in [-0.4, -0.2) is 66.3 Å². The van der Waals surface area contributed by atoms with Gasteiger partial charge in [0.05, 0.1) is 23.1 Å². The van der Waals surface area contributed by atoms with Crippen LogP contribution in [-0.2, 0) is 9.59 Å². The van der Waals surface area contributed by atoms with E-state index in [1.165, 1.54) is 23.1 Å². The van der Waals surface area contributed by atoms with Gasteiger partial charge in [-0.2, -0.15) is 0 Å². The van der Waals surface area contributed by atoms with Crippen molar-refractivity contribution in [1.82, 2.24) is 14.8 Å². The maximum absolute atomic E-state index is 13.3. The molecule has 1 fully saturated rings. The molecule has 1 aromatic heterocycles. The molecule has 1 saturated heterocycles. The molecule has 0 radical (unpaired) electrons. The van der Waals surface area contributed by atoms with Crippen LogP contribution in [0.15, 0.2) is 27.4 Å². The van der Waals surface area contributed by atoms with Crippen molar-refractivity contribution >= 4 is 47.0 Å². The van der Waals surface area contributed by atoms with E-state index in [-0.39, 0.29) is 11.9 Å². The number of nitrogens with zero attached hydrogens (tertiary/aromatic N) is 3. The summed E-state index contributed by atoms with van der Waals surface area (Å²) in [5.74, 6) is 0.416. The van der Waals surface area contributed by atoms with E-state index in [9.17, 15) is 14.4 Å². The van der Waals surface area contributed by atoms with Gasteiger partial charge in [-0.05, 0) is 38.0 Å². The molecule has 0 spiro atoms. The Morgan fingerprint density at radius 1 is 1.37 bits per heavy atom. The molecule has 10 heteroatoms. The highest BCUT2D eigenvalue weighted by Gasteiger charge is 2.27. The number of methoxy groups -OCH3 is 1. The van der Waals surface area contributed by atoms with Gasteiger partial charge < -0.3 is 19.9 Å². The quantitative estimate of drug-likeness (QED) is 0.655. The fourth-order valence-electron chi connectivity index (χ4n) is 3.33. The van der Waals surface area contributed by atoms with Crippen LogP contribution in [0.25, 0.3) is 0 Å². The van der Waals surface area contributed by atoms with Crippen molar-refractivity contribution in [2.75, 3.05) is 32.1 Å². The van der Waals surface area contributed by atoms with E-state index in [1.54, 1.807) is 23.1 Å². The smallest absolute Gasteiger partial charge is 0.257 e. The summed E-state index contributed by atoms with van der Waals surface area (Å²) in [7, 11) is 1.55. The summed E-state index contributed by atoms with van der Waals surface area (Å²) < 4.78 is 6.40. The molecular formula is C20H24N4O4S2. The predicted molar refractivity (Wildman–Crippen MR) is 116 cm³/mol. The molecule has 8 nitrogen and oxygen atoms in total. The van der Waals surface area contributed by atoms with Crippen LogP contribution in [0.3, 0.4) is 0 Å². The highest BCUT2D eigenvalue weighted by atomic mass is 32.2. The van der Waals surface area contributed by atoms with E-state index in [2.05, 4.69) is 10.3 Å². The van der Waals surface area contributed by atoms with Crippen LogP contribution in [0.5, 0.6) is 5.75 Å². The minimum atomic E-state index is -0.110. The Morgan fingerprint density at radius 3 is 2.87 bits per heavy atom. The molecule has 1 aliphatic rings. The van der Waals surface area contributed by atoms with Gasteiger partial charge in [-0.3, -0.25) is 14.4 Å². The van der Waals surface area contributed by atoms with E-state index < -0.39 is 0 Å². The standard InChI is InChI=1S/C20H24N4O4S2/c1-13-7-16(28-3)15(8-17(13)29-18-9-21-20(30-18)22-11-25)19(27)23-5-4-6-24(12-26)14(2)10-23/h7-9,11-12,14H,4-6,10H2,1-3H3,(H,21,22,25)/t14-/m1/s1. The minimum absolute atomic E-state index is 0.0415. The third-order valence-electron chi connectivity index (χ3n) is 4.92. The summed E-state index contributed by atoms with van der Waals surface area (Å²) in [6.07, 6.45) is 3.87. The normalized spacial score (nSPS) is 16.7. The molecular weight excluding hydrogens is 424 g/mol. The van der Waals surface area contributed by atoms with Gasteiger partial charge in [0, 0.05) is 30.6 Å². The molecule has 1 aromatic carbocycles. The van der Waals surface area contributed by atoms with Crippen LogP contribution in [0.1, 0.15) is 29.3 Å². The molecule has 30 heavy (non-hydrogen) atoms. The Kier molecular flexibility index (Phi) is 7.33. The van der Waals surface area contributed by atoms with Crippen molar-refractivity contribution in [3.05, 3.63) is 29.5 Å². The lowest BCUT2D eigenvalue weighted by atomic mass is 10.1. The molecule has 0 saturated carbocycles. The number of ether oxygens (including phenoxy) is 1.